The van der Waals surface area contributed by atoms with Crippen molar-refractivity contribution in [2.75, 3.05) is 0 Å². The largest absolute Gasteiger partial charge is 0.151 e. The molecule has 0 aromatic heterocycles. The maximum absolute atomic E-state index is 4.55. The van der Waals surface area contributed by atoms with E-state index in [1.54, 1.807) is 0 Å². The first-order valence-electron chi connectivity index (χ1n) is 9.59. The number of rotatable bonds is 4. The Morgan fingerprint density at radius 1 is 0.552 bits per heavy atom. The van der Waals surface area contributed by atoms with E-state index in [-0.39, 0.29) is 0 Å². The van der Waals surface area contributed by atoms with Crippen LogP contribution in [0.1, 0.15) is 16.7 Å². The molecule has 0 aliphatic rings. The third-order valence-corrected chi connectivity index (χ3v) is 4.82. The molecule has 4 heteroatoms. The summed E-state index contributed by atoms with van der Waals surface area (Å²) in [6.45, 7) is 6.11. The van der Waals surface area contributed by atoms with Gasteiger partial charge in [-0.25, -0.2) is 0 Å². The molecule has 0 N–H and O–H groups in total. The van der Waals surface area contributed by atoms with Crippen molar-refractivity contribution >= 4 is 33.5 Å². The lowest BCUT2D eigenvalue weighted by atomic mass is 10.1. The van der Waals surface area contributed by atoms with Crippen LogP contribution >= 0.6 is 0 Å². The second kappa shape index (κ2) is 8.15. The summed E-state index contributed by atoms with van der Waals surface area (Å²) in [5.74, 6) is 0. The summed E-state index contributed by atoms with van der Waals surface area (Å²) in [6.07, 6.45) is 0. The summed E-state index contributed by atoms with van der Waals surface area (Å²) < 4.78 is 0. The molecule has 0 atom stereocenters. The van der Waals surface area contributed by atoms with Gasteiger partial charge < -0.3 is 0 Å². The third-order valence-electron chi connectivity index (χ3n) is 4.82. The SMILES string of the molecule is Cc1cccc(N=Nc2ccc(N=Nc3c(C)ccc4ccccc34)cc2C)c1. The van der Waals surface area contributed by atoms with Gasteiger partial charge in [0, 0.05) is 5.39 Å². The van der Waals surface area contributed by atoms with Gasteiger partial charge in [-0.05, 0) is 73.2 Å². The first-order valence-corrected chi connectivity index (χ1v) is 9.59. The van der Waals surface area contributed by atoms with Gasteiger partial charge in [-0.2, -0.15) is 15.3 Å². The van der Waals surface area contributed by atoms with Gasteiger partial charge in [-0.1, -0.05) is 48.5 Å². The topological polar surface area (TPSA) is 49.4 Å². The van der Waals surface area contributed by atoms with Gasteiger partial charge in [0.25, 0.3) is 0 Å². The molecule has 0 saturated carbocycles. The number of benzene rings is 4. The number of fused-ring (bicyclic) bond motifs is 1. The summed E-state index contributed by atoms with van der Waals surface area (Å²) in [6, 6.07) is 26.2. The smallest absolute Gasteiger partial charge is 0.0964 e. The van der Waals surface area contributed by atoms with Gasteiger partial charge >= 0.3 is 0 Å². The summed E-state index contributed by atoms with van der Waals surface area (Å²) in [7, 11) is 0. The van der Waals surface area contributed by atoms with Crippen LogP contribution in [0.15, 0.2) is 99.3 Å². The number of nitrogens with zero attached hydrogens (tertiary/aromatic N) is 4. The molecule has 0 saturated heterocycles. The maximum Gasteiger partial charge on any atom is 0.0964 e. The van der Waals surface area contributed by atoms with E-state index in [4.69, 9.17) is 0 Å². The monoisotopic (exact) mass is 378 g/mol. The molecule has 0 fully saturated rings. The Bertz CT molecular complexity index is 1240. The number of hydrogen-bond acceptors (Lipinski definition) is 4. The highest BCUT2D eigenvalue weighted by molar-refractivity contribution is 5.93. The second-order valence-electron chi connectivity index (χ2n) is 7.16. The molecule has 142 valence electrons. The van der Waals surface area contributed by atoms with Gasteiger partial charge in [0.05, 0.1) is 22.7 Å². The predicted molar refractivity (Wildman–Crippen MR) is 119 cm³/mol. The Hall–Kier alpha value is -3.66. The molecule has 0 heterocycles. The lowest BCUT2D eigenvalue weighted by molar-refractivity contribution is 1.18. The fourth-order valence-corrected chi connectivity index (χ4v) is 3.22. The highest BCUT2D eigenvalue weighted by Gasteiger charge is 2.04. The Morgan fingerprint density at radius 2 is 1.34 bits per heavy atom. The molecule has 4 rings (SSSR count). The van der Waals surface area contributed by atoms with Crippen LogP contribution in [0.3, 0.4) is 0 Å². The Morgan fingerprint density at radius 3 is 2.17 bits per heavy atom. The molecule has 0 spiro atoms. The molecule has 0 aliphatic carbocycles. The highest BCUT2D eigenvalue weighted by atomic mass is 15.1. The number of aryl methyl sites for hydroxylation is 3. The standard InChI is InChI=1S/C25H22N4/c1-17-7-6-9-21(15-17)26-28-24-14-13-22(16-19(24)3)27-29-25-18(2)11-12-20-8-4-5-10-23(20)25/h4-16H,1-3H3. The van der Waals surface area contributed by atoms with Crippen LogP contribution in [0.2, 0.25) is 0 Å². The van der Waals surface area contributed by atoms with Crippen molar-refractivity contribution < 1.29 is 0 Å². The van der Waals surface area contributed by atoms with E-state index < -0.39 is 0 Å². The number of hydrogen-bond donors (Lipinski definition) is 0. The van der Waals surface area contributed by atoms with E-state index in [1.807, 2.05) is 68.4 Å². The summed E-state index contributed by atoms with van der Waals surface area (Å²) >= 11 is 0. The molecular formula is C25H22N4. The third kappa shape index (κ3) is 4.27. The Labute approximate surface area is 170 Å². The minimum atomic E-state index is 0.796. The van der Waals surface area contributed by atoms with E-state index >= 15 is 0 Å². The van der Waals surface area contributed by atoms with Crippen molar-refractivity contribution in [3.05, 3.63) is 95.6 Å². The molecule has 0 radical (unpaired) electrons. The van der Waals surface area contributed by atoms with Crippen LogP contribution in [0.25, 0.3) is 10.8 Å². The maximum atomic E-state index is 4.55. The van der Waals surface area contributed by atoms with E-state index in [1.165, 1.54) is 0 Å². The average Bonchev–Trinajstić information content (AvgIpc) is 2.72. The van der Waals surface area contributed by atoms with Crippen LogP contribution in [0.4, 0.5) is 22.7 Å². The second-order valence-corrected chi connectivity index (χ2v) is 7.16. The first-order chi connectivity index (χ1) is 14.1. The zero-order chi connectivity index (χ0) is 20.2. The van der Waals surface area contributed by atoms with Gasteiger partial charge in [-0.3, -0.25) is 0 Å². The molecule has 0 unspecified atom stereocenters. The lowest BCUT2D eigenvalue weighted by Gasteiger charge is -2.05. The average molecular weight is 378 g/mol. The molecule has 0 bridgehead atoms. The minimum absolute atomic E-state index is 0.796. The van der Waals surface area contributed by atoms with Gasteiger partial charge in [0.1, 0.15) is 0 Å². The first kappa shape index (κ1) is 18.7. The summed E-state index contributed by atoms with van der Waals surface area (Å²) in [5.41, 5.74) is 6.65. The van der Waals surface area contributed by atoms with E-state index in [9.17, 15) is 0 Å². The summed E-state index contributed by atoms with van der Waals surface area (Å²) in [4.78, 5) is 0. The van der Waals surface area contributed by atoms with Crippen LogP contribution in [0.5, 0.6) is 0 Å². The fraction of sp³-hybridized carbons (Fsp3) is 0.120. The van der Waals surface area contributed by atoms with Crippen molar-refractivity contribution in [1.29, 1.82) is 0 Å². The zero-order valence-corrected chi connectivity index (χ0v) is 16.8. The fourth-order valence-electron chi connectivity index (χ4n) is 3.22. The Balaban J connectivity index is 1.60. The molecule has 29 heavy (non-hydrogen) atoms. The van der Waals surface area contributed by atoms with Gasteiger partial charge in [0.2, 0.25) is 0 Å². The van der Waals surface area contributed by atoms with E-state index in [2.05, 4.69) is 51.6 Å². The molecule has 4 nitrogen and oxygen atoms in total. The molecular weight excluding hydrogens is 356 g/mol. The molecule has 0 amide bonds. The van der Waals surface area contributed by atoms with Crippen LogP contribution in [0, 0.1) is 20.8 Å². The molecule has 4 aromatic carbocycles. The Kier molecular flexibility index (Phi) is 5.25. The van der Waals surface area contributed by atoms with Crippen molar-refractivity contribution in [2.24, 2.45) is 20.5 Å². The molecule has 0 aliphatic heterocycles. The summed E-state index contributed by atoms with van der Waals surface area (Å²) in [5, 5.41) is 20.0. The predicted octanol–water partition coefficient (Wildman–Crippen LogP) is 8.60. The van der Waals surface area contributed by atoms with Crippen molar-refractivity contribution in [3.8, 4) is 0 Å². The van der Waals surface area contributed by atoms with Gasteiger partial charge in [0.15, 0.2) is 0 Å². The van der Waals surface area contributed by atoms with Crippen molar-refractivity contribution in [2.45, 2.75) is 20.8 Å². The van der Waals surface area contributed by atoms with Crippen LogP contribution in [-0.4, -0.2) is 0 Å². The van der Waals surface area contributed by atoms with E-state index in [0.29, 0.717) is 0 Å². The van der Waals surface area contributed by atoms with Gasteiger partial charge in [-0.15, -0.1) is 5.11 Å². The highest BCUT2D eigenvalue weighted by Crippen LogP contribution is 2.32. The van der Waals surface area contributed by atoms with Crippen LogP contribution < -0.4 is 0 Å². The normalized spacial score (nSPS) is 11.7. The minimum Gasteiger partial charge on any atom is -0.151 e. The zero-order valence-electron chi connectivity index (χ0n) is 16.8. The van der Waals surface area contributed by atoms with Crippen molar-refractivity contribution in [3.63, 3.8) is 0 Å². The molecule has 4 aromatic rings. The lowest BCUT2D eigenvalue weighted by Crippen LogP contribution is -1.78. The van der Waals surface area contributed by atoms with Crippen LogP contribution in [-0.2, 0) is 0 Å². The quantitative estimate of drug-likeness (QED) is 0.319. The van der Waals surface area contributed by atoms with E-state index in [0.717, 1.165) is 50.2 Å². The number of azo groups is 2. The van der Waals surface area contributed by atoms with Crippen molar-refractivity contribution in [1.82, 2.24) is 0 Å².